The van der Waals surface area contributed by atoms with Gasteiger partial charge in [-0.05, 0) is 36.0 Å². The molecule has 0 bridgehead atoms. The molecule has 2 N–H and O–H groups in total. The Morgan fingerprint density at radius 2 is 1.58 bits per heavy atom. The Hall–Kier alpha value is -1.68. The molecule has 0 saturated heterocycles. The predicted molar refractivity (Wildman–Crippen MR) is 109 cm³/mol. The van der Waals surface area contributed by atoms with Gasteiger partial charge in [-0.1, -0.05) is 81.8 Å². The van der Waals surface area contributed by atoms with Crippen LogP contribution in [0.3, 0.4) is 0 Å². The van der Waals surface area contributed by atoms with Crippen molar-refractivity contribution in [2.45, 2.75) is 59.2 Å². The van der Waals surface area contributed by atoms with Crippen LogP contribution in [-0.2, 0) is 11.4 Å². The second kappa shape index (κ2) is 10.5. The van der Waals surface area contributed by atoms with E-state index in [2.05, 4.69) is 87.4 Å². The predicted octanol–water partition coefficient (Wildman–Crippen LogP) is 5.64. The molecule has 2 unspecified atom stereocenters. The van der Waals surface area contributed by atoms with E-state index in [4.69, 9.17) is 10.6 Å². The van der Waals surface area contributed by atoms with Crippen molar-refractivity contribution in [2.24, 2.45) is 11.7 Å². The molecule has 2 atom stereocenters. The van der Waals surface area contributed by atoms with Crippen LogP contribution in [0.4, 0.5) is 0 Å². The van der Waals surface area contributed by atoms with Crippen LogP contribution in [0.1, 0.15) is 69.4 Å². The molecular formula is C23H34N2O. The van der Waals surface area contributed by atoms with Crippen LogP contribution in [0.5, 0.6) is 0 Å². The third-order valence-electron chi connectivity index (χ3n) is 4.79. The summed E-state index contributed by atoms with van der Waals surface area (Å²) in [4.78, 5) is 6.49. The van der Waals surface area contributed by atoms with E-state index in [-0.39, 0.29) is 12.1 Å². The molecule has 0 amide bonds. The first-order valence-corrected chi connectivity index (χ1v) is 9.84. The van der Waals surface area contributed by atoms with Gasteiger partial charge in [0.05, 0.1) is 6.04 Å². The number of nitrogens with zero attached hydrogens (tertiary/aromatic N) is 1. The average molecular weight is 355 g/mol. The van der Waals surface area contributed by atoms with Crippen molar-refractivity contribution in [1.82, 2.24) is 5.06 Å². The smallest absolute Gasteiger partial charge is 0.101 e. The number of nitrogens with two attached hydrogens (primary N) is 1. The van der Waals surface area contributed by atoms with Gasteiger partial charge >= 0.3 is 0 Å². The summed E-state index contributed by atoms with van der Waals surface area (Å²) < 4.78 is 0. The van der Waals surface area contributed by atoms with Gasteiger partial charge in [0.15, 0.2) is 0 Å². The molecule has 3 heteroatoms. The quantitative estimate of drug-likeness (QED) is 0.561. The highest BCUT2D eigenvalue weighted by Gasteiger charge is 2.26. The van der Waals surface area contributed by atoms with Crippen LogP contribution in [0.25, 0.3) is 0 Å². The zero-order valence-electron chi connectivity index (χ0n) is 16.7. The largest absolute Gasteiger partial charge is 0.326 e. The number of benzene rings is 2. The summed E-state index contributed by atoms with van der Waals surface area (Å²) in [5, 5.41) is 2.20. The Labute approximate surface area is 159 Å². The van der Waals surface area contributed by atoms with Crippen molar-refractivity contribution >= 4 is 0 Å². The van der Waals surface area contributed by atoms with Crippen molar-refractivity contribution in [2.75, 3.05) is 6.54 Å². The third kappa shape index (κ3) is 5.66. The maximum absolute atomic E-state index is 6.49. The molecule has 142 valence electrons. The normalized spacial score (nSPS) is 14.0. The van der Waals surface area contributed by atoms with Crippen LogP contribution in [0, 0.1) is 5.92 Å². The highest BCUT2D eigenvalue weighted by Crippen LogP contribution is 2.32. The molecule has 0 saturated carbocycles. The monoisotopic (exact) mass is 354 g/mol. The van der Waals surface area contributed by atoms with Gasteiger partial charge in [0, 0.05) is 13.1 Å². The fourth-order valence-corrected chi connectivity index (χ4v) is 3.29. The van der Waals surface area contributed by atoms with E-state index in [9.17, 15) is 0 Å². The number of hydroxylamine groups is 2. The second-order valence-electron chi connectivity index (χ2n) is 7.29. The molecule has 0 fully saturated rings. The topological polar surface area (TPSA) is 38.5 Å². The highest BCUT2D eigenvalue weighted by molar-refractivity contribution is 5.24. The highest BCUT2D eigenvalue weighted by atomic mass is 16.7. The van der Waals surface area contributed by atoms with Gasteiger partial charge in [0.25, 0.3) is 0 Å². The first kappa shape index (κ1) is 20.6. The summed E-state index contributed by atoms with van der Waals surface area (Å²) in [5.41, 5.74) is 9.35. The van der Waals surface area contributed by atoms with Gasteiger partial charge in [0.2, 0.25) is 0 Å². The second-order valence-corrected chi connectivity index (χ2v) is 7.29. The van der Waals surface area contributed by atoms with Crippen molar-refractivity contribution in [3.05, 3.63) is 71.3 Å². The van der Waals surface area contributed by atoms with Gasteiger partial charge < -0.3 is 5.73 Å². The standard InChI is InChI=1S/C23H34N2O/c1-5-6-16-25(23(18(2)3)22-10-8-7-9-11-22)26-19(4)21-14-12-20(17-24)13-15-21/h7-15,18-19,23H,5-6,16-17,24H2,1-4H3. The van der Waals surface area contributed by atoms with Gasteiger partial charge in [-0.25, -0.2) is 0 Å². The Morgan fingerprint density at radius 1 is 0.923 bits per heavy atom. The van der Waals surface area contributed by atoms with Crippen molar-refractivity contribution in [3.63, 3.8) is 0 Å². The van der Waals surface area contributed by atoms with E-state index < -0.39 is 0 Å². The van der Waals surface area contributed by atoms with Gasteiger partial charge in [-0.2, -0.15) is 5.06 Å². The zero-order chi connectivity index (χ0) is 18.9. The summed E-state index contributed by atoms with van der Waals surface area (Å²) in [6.45, 7) is 10.4. The molecule has 0 aliphatic carbocycles. The molecule has 0 spiro atoms. The lowest BCUT2D eigenvalue weighted by atomic mass is 9.95. The average Bonchev–Trinajstić information content (AvgIpc) is 2.66. The van der Waals surface area contributed by atoms with E-state index in [1.54, 1.807) is 0 Å². The Kier molecular flexibility index (Phi) is 8.30. The molecule has 0 heterocycles. The Morgan fingerprint density at radius 3 is 2.12 bits per heavy atom. The van der Waals surface area contributed by atoms with Crippen LogP contribution in [-0.4, -0.2) is 11.6 Å². The van der Waals surface area contributed by atoms with E-state index in [1.807, 2.05) is 0 Å². The number of unbranched alkanes of at least 4 members (excludes halogenated alkanes) is 1. The molecule has 2 aromatic rings. The van der Waals surface area contributed by atoms with Crippen LogP contribution >= 0.6 is 0 Å². The molecule has 0 radical (unpaired) electrons. The van der Waals surface area contributed by atoms with E-state index in [0.717, 1.165) is 24.9 Å². The van der Waals surface area contributed by atoms with Crippen LogP contribution < -0.4 is 5.73 Å². The molecule has 0 aromatic heterocycles. The summed E-state index contributed by atoms with van der Waals surface area (Å²) in [6.07, 6.45) is 2.28. The van der Waals surface area contributed by atoms with Crippen molar-refractivity contribution < 1.29 is 4.84 Å². The summed E-state index contributed by atoms with van der Waals surface area (Å²) in [6, 6.07) is 19.4. The molecule has 26 heavy (non-hydrogen) atoms. The summed E-state index contributed by atoms with van der Waals surface area (Å²) >= 11 is 0. The Balaban J connectivity index is 2.21. The van der Waals surface area contributed by atoms with Crippen molar-refractivity contribution in [1.29, 1.82) is 0 Å². The number of hydrogen-bond donors (Lipinski definition) is 1. The lowest BCUT2D eigenvalue weighted by Crippen LogP contribution is -2.34. The maximum atomic E-state index is 6.49. The maximum Gasteiger partial charge on any atom is 0.101 e. The fraction of sp³-hybridized carbons (Fsp3) is 0.478. The first-order chi connectivity index (χ1) is 12.6. The number of rotatable bonds is 10. The lowest BCUT2D eigenvalue weighted by Gasteiger charge is -2.36. The SMILES string of the molecule is CCCCN(OC(C)c1ccc(CN)cc1)C(c1ccccc1)C(C)C. The molecule has 0 aliphatic rings. The minimum absolute atomic E-state index is 0.00337. The minimum atomic E-state index is 0.00337. The Bertz CT molecular complexity index is 624. The molecule has 2 aromatic carbocycles. The third-order valence-corrected chi connectivity index (χ3v) is 4.79. The lowest BCUT2D eigenvalue weighted by molar-refractivity contribution is -0.230. The van der Waals surface area contributed by atoms with Gasteiger partial charge in [-0.15, -0.1) is 0 Å². The fourth-order valence-electron chi connectivity index (χ4n) is 3.29. The first-order valence-electron chi connectivity index (χ1n) is 9.84. The summed E-state index contributed by atoms with van der Waals surface area (Å²) in [5.74, 6) is 0.459. The van der Waals surface area contributed by atoms with Crippen LogP contribution in [0.2, 0.25) is 0 Å². The molecule has 3 nitrogen and oxygen atoms in total. The molecule has 0 aliphatic heterocycles. The zero-order valence-corrected chi connectivity index (χ0v) is 16.7. The molecular weight excluding hydrogens is 320 g/mol. The number of hydrogen-bond acceptors (Lipinski definition) is 3. The van der Waals surface area contributed by atoms with E-state index in [0.29, 0.717) is 12.5 Å². The van der Waals surface area contributed by atoms with Crippen molar-refractivity contribution in [3.8, 4) is 0 Å². The molecule has 2 rings (SSSR count). The minimum Gasteiger partial charge on any atom is -0.326 e. The van der Waals surface area contributed by atoms with Gasteiger partial charge in [0.1, 0.15) is 6.10 Å². The van der Waals surface area contributed by atoms with E-state index in [1.165, 1.54) is 11.1 Å². The summed E-state index contributed by atoms with van der Waals surface area (Å²) in [7, 11) is 0. The van der Waals surface area contributed by atoms with Gasteiger partial charge in [-0.3, -0.25) is 4.84 Å². The van der Waals surface area contributed by atoms with Crippen LogP contribution in [0.15, 0.2) is 54.6 Å². The van der Waals surface area contributed by atoms with E-state index >= 15 is 0 Å².